The van der Waals surface area contributed by atoms with Gasteiger partial charge in [0, 0.05) is 25.9 Å². The van der Waals surface area contributed by atoms with Gasteiger partial charge in [0.2, 0.25) is 17.7 Å². The SMILES string of the molecule is COC(=O)[C@H](CCC(N)=O)NC(=O)[C@H](Cc1ccccc1)N1CCNC2(CC2)C1=O. The number of primary amides is 1. The lowest BCUT2D eigenvalue weighted by Gasteiger charge is -2.38. The number of nitrogens with two attached hydrogens (primary N) is 1. The Kier molecular flexibility index (Phi) is 6.71. The van der Waals surface area contributed by atoms with Crippen LogP contribution in [-0.2, 0) is 30.3 Å². The first-order chi connectivity index (χ1) is 14.4. The van der Waals surface area contributed by atoms with Gasteiger partial charge in [0.1, 0.15) is 12.1 Å². The molecule has 2 atom stereocenters. The van der Waals surface area contributed by atoms with Crippen molar-refractivity contribution in [3.63, 3.8) is 0 Å². The van der Waals surface area contributed by atoms with Crippen molar-refractivity contribution in [2.75, 3.05) is 20.2 Å². The van der Waals surface area contributed by atoms with Crippen LogP contribution in [0, 0.1) is 0 Å². The van der Waals surface area contributed by atoms with Crippen molar-refractivity contribution >= 4 is 23.7 Å². The molecule has 1 heterocycles. The van der Waals surface area contributed by atoms with Crippen LogP contribution in [0.15, 0.2) is 30.3 Å². The van der Waals surface area contributed by atoms with E-state index in [4.69, 9.17) is 10.5 Å². The van der Waals surface area contributed by atoms with Gasteiger partial charge < -0.3 is 26.0 Å². The lowest BCUT2D eigenvalue weighted by atomic mass is 10.00. The van der Waals surface area contributed by atoms with Crippen LogP contribution < -0.4 is 16.4 Å². The summed E-state index contributed by atoms with van der Waals surface area (Å²) in [5, 5.41) is 5.93. The van der Waals surface area contributed by atoms with Crippen molar-refractivity contribution in [3.05, 3.63) is 35.9 Å². The van der Waals surface area contributed by atoms with Gasteiger partial charge >= 0.3 is 5.97 Å². The molecule has 0 unspecified atom stereocenters. The third-order valence-corrected chi connectivity index (χ3v) is 5.67. The molecule has 0 bridgehead atoms. The number of carbonyl (C=O) groups is 4. The van der Waals surface area contributed by atoms with E-state index in [2.05, 4.69) is 10.6 Å². The van der Waals surface area contributed by atoms with Crippen LogP contribution in [-0.4, -0.2) is 66.4 Å². The number of methoxy groups -OCH3 is 1. The first-order valence-corrected chi connectivity index (χ1v) is 10.1. The maximum absolute atomic E-state index is 13.2. The molecule has 2 aliphatic rings. The average molecular weight is 416 g/mol. The van der Waals surface area contributed by atoms with Crippen LogP contribution in [0.25, 0.3) is 0 Å². The minimum absolute atomic E-state index is 0.0330. The Labute approximate surface area is 175 Å². The Hall–Kier alpha value is -2.94. The van der Waals surface area contributed by atoms with Crippen LogP contribution in [0.5, 0.6) is 0 Å². The summed E-state index contributed by atoms with van der Waals surface area (Å²) in [5.74, 6) is -1.78. The summed E-state index contributed by atoms with van der Waals surface area (Å²) in [6, 6.07) is 7.62. The van der Waals surface area contributed by atoms with E-state index in [9.17, 15) is 19.2 Å². The van der Waals surface area contributed by atoms with Crippen molar-refractivity contribution in [3.8, 4) is 0 Å². The van der Waals surface area contributed by atoms with Crippen LogP contribution in [0.3, 0.4) is 0 Å². The van der Waals surface area contributed by atoms with Gasteiger partial charge in [0.15, 0.2) is 0 Å². The van der Waals surface area contributed by atoms with Gasteiger partial charge in [-0.1, -0.05) is 30.3 Å². The molecule has 1 saturated heterocycles. The maximum atomic E-state index is 13.2. The summed E-state index contributed by atoms with van der Waals surface area (Å²) in [7, 11) is 1.21. The highest BCUT2D eigenvalue weighted by Crippen LogP contribution is 2.39. The van der Waals surface area contributed by atoms with E-state index in [1.54, 1.807) is 4.90 Å². The number of benzene rings is 1. The summed E-state index contributed by atoms with van der Waals surface area (Å²) in [6.07, 6.45) is 1.79. The summed E-state index contributed by atoms with van der Waals surface area (Å²) >= 11 is 0. The number of piperazine rings is 1. The highest BCUT2D eigenvalue weighted by Gasteiger charge is 2.55. The first kappa shape index (κ1) is 21.8. The molecule has 30 heavy (non-hydrogen) atoms. The summed E-state index contributed by atoms with van der Waals surface area (Å²) in [6.45, 7) is 1.00. The monoisotopic (exact) mass is 416 g/mol. The highest BCUT2D eigenvalue weighted by molar-refractivity contribution is 5.96. The fourth-order valence-electron chi connectivity index (χ4n) is 3.81. The fourth-order valence-corrected chi connectivity index (χ4v) is 3.81. The summed E-state index contributed by atoms with van der Waals surface area (Å²) in [4.78, 5) is 51.2. The standard InChI is InChI=1S/C21H28N4O5/c1-30-19(28)15(7-8-17(22)26)24-18(27)16(13-14-5-3-2-4-6-14)25-12-11-23-21(9-10-21)20(25)29/h2-6,15-16,23H,7-13H2,1H3,(H2,22,26)(H,24,27)/t15-,16-/m0/s1. The minimum atomic E-state index is -1.01. The Morgan fingerprint density at radius 3 is 2.57 bits per heavy atom. The number of hydrogen-bond donors (Lipinski definition) is 3. The van der Waals surface area contributed by atoms with E-state index >= 15 is 0 Å². The predicted molar refractivity (Wildman–Crippen MR) is 108 cm³/mol. The molecule has 4 N–H and O–H groups in total. The minimum Gasteiger partial charge on any atom is -0.467 e. The molecule has 9 heteroatoms. The van der Waals surface area contributed by atoms with Crippen LogP contribution in [0.2, 0.25) is 0 Å². The second kappa shape index (κ2) is 9.25. The molecule has 1 spiro atoms. The third kappa shape index (κ3) is 4.96. The van der Waals surface area contributed by atoms with E-state index in [1.165, 1.54) is 7.11 Å². The smallest absolute Gasteiger partial charge is 0.328 e. The molecule has 2 fully saturated rings. The molecule has 0 aromatic heterocycles. The van der Waals surface area contributed by atoms with Gasteiger partial charge in [0.25, 0.3) is 0 Å². The Bertz CT molecular complexity index is 809. The molecule has 3 rings (SSSR count). The number of hydrogen-bond acceptors (Lipinski definition) is 6. The zero-order valence-corrected chi connectivity index (χ0v) is 17.1. The van der Waals surface area contributed by atoms with Crippen molar-refractivity contribution in [2.24, 2.45) is 5.73 Å². The number of nitrogens with zero attached hydrogens (tertiary/aromatic N) is 1. The van der Waals surface area contributed by atoms with Crippen LogP contribution in [0.4, 0.5) is 0 Å². The van der Waals surface area contributed by atoms with E-state index in [-0.39, 0.29) is 18.7 Å². The van der Waals surface area contributed by atoms with Crippen LogP contribution in [0.1, 0.15) is 31.2 Å². The summed E-state index contributed by atoms with van der Waals surface area (Å²) in [5.41, 5.74) is 5.53. The van der Waals surface area contributed by atoms with Crippen molar-refractivity contribution < 1.29 is 23.9 Å². The Balaban J connectivity index is 1.80. The van der Waals surface area contributed by atoms with E-state index in [0.717, 1.165) is 18.4 Å². The van der Waals surface area contributed by atoms with Gasteiger partial charge in [-0.3, -0.25) is 14.4 Å². The Morgan fingerprint density at radius 1 is 1.27 bits per heavy atom. The fraction of sp³-hybridized carbons (Fsp3) is 0.524. The molecular formula is C21H28N4O5. The summed E-state index contributed by atoms with van der Waals surface area (Å²) < 4.78 is 4.76. The number of rotatable bonds is 9. The van der Waals surface area contributed by atoms with Crippen molar-refractivity contribution in [1.82, 2.24) is 15.5 Å². The van der Waals surface area contributed by atoms with Gasteiger partial charge in [-0.05, 0) is 24.8 Å². The van der Waals surface area contributed by atoms with Gasteiger partial charge in [0.05, 0.1) is 12.6 Å². The van der Waals surface area contributed by atoms with Gasteiger partial charge in [-0.15, -0.1) is 0 Å². The number of esters is 1. The maximum Gasteiger partial charge on any atom is 0.328 e. The predicted octanol–water partition coefficient (Wildman–Crippen LogP) is -0.515. The van der Waals surface area contributed by atoms with Gasteiger partial charge in [-0.25, -0.2) is 4.79 Å². The molecule has 0 radical (unpaired) electrons. The number of carbonyl (C=O) groups excluding carboxylic acids is 4. The molecule has 1 aromatic rings. The number of amides is 3. The zero-order chi connectivity index (χ0) is 21.7. The quantitative estimate of drug-likeness (QED) is 0.465. The normalized spacial score (nSPS) is 19.1. The Morgan fingerprint density at radius 2 is 1.97 bits per heavy atom. The molecule has 1 aliphatic heterocycles. The van der Waals surface area contributed by atoms with E-state index in [0.29, 0.717) is 19.5 Å². The third-order valence-electron chi connectivity index (χ3n) is 5.67. The lowest BCUT2D eigenvalue weighted by molar-refractivity contribution is -0.148. The number of nitrogens with one attached hydrogen (secondary N) is 2. The van der Waals surface area contributed by atoms with Gasteiger partial charge in [-0.2, -0.15) is 0 Å². The largest absolute Gasteiger partial charge is 0.467 e. The topological polar surface area (TPSA) is 131 Å². The second-order valence-electron chi connectivity index (χ2n) is 7.80. The van der Waals surface area contributed by atoms with Crippen LogP contribution >= 0.6 is 0 Å². The second-order valence-corrected chi connectivity index (χ2v) is 7.80. The molecule has 162 valence electrons. The van der Waals surface area contributed by atoms with E-state index in [1.807, 2.05) is 30.3 Å². The molecule has 1 saturated carbocycles. The highest BCUT2D eigenvalue weighted by atomic mass is 16.5. The molecule has 1 aromatic carbocycles. The molecule has 3 amide bonds. The van der Waals surface area contributed by atoms with E-state index < -0.39 is 35.4 Å². The zero-order valence-electron chi connectivity index (χ0n) is 17.1. The first-order valence-electron chi connectivity index (χ1n) is 10.1. The average Bonchev–Trinajstić information content (AvgIpc) is 3.52. The van der Waals surface area contributed by atoms with Crippen molar-refractivity contribution in [1.29, 1.82) is 0 Å². The number of ether oxygens (including phenoxy) is 1. The molecular weight excluding hydrogens is 388 g/mol. The van der Waals surface area contributed by atoms with Crippen molar-refractivity contribution in [2.45, 2.75) is 49.7 Å². The molecule has 1 aliphatic carbocycles. The lowest BCUT2D eigenvalue weighted by Crippen LogP contribution is -2.63. The molecule has 9 nitrogen and oxygen atoms in total.